The second kappa shape index (κ2) is 6.37. The highest BCUT2D eigenvalue weighted by Gasteiger charge is 2.14. The molecule has 7 heteroatoms. The first-order valence-corrected chi connectivity index (χ1v) is 9.20. The Morgan fingerprint density at radius 1 is 1.19 bits per heavy atom. The summed E-state index contributed by atoms with van der Waals surface area (Å²) in [7, 11) is 0. The molecule has 3 heterocycles. The largest absolute Gasteiger partial charge is 0.472 e. The predicted molar refractivity (Wildman–Crippen MR) is 103 cm³/mol. The molecule has 132 valence electrons. The molecule has 4 aromatic rings. The highest BCUT2D eigenvalue weighted by atomic mass is 35.5. The van der Waals surface area contributed by atoms with Gasteiger partial charge in [0.25, 0.3) is 0 Å². The van der Waals surface area contributed by atoms with Crippen molar-refractivity contribution < 1.29 is 9.15 Å². The van der Waals surface area contributed by atoms with Crippen LogP contribution in [0.5, 0.6) is 5.88 Å². The van der Waals surface area contributed by atoms with Gasteiger partial charge in [0.2, 0.25) is 5.88 Å². The number of rotatable bonds is 3. The molecule has 0 atom stereocenters. The molecule has 3 aromatic heterocycles. The van der Waals surface area contributed by atoms with Crippen molar-refractivity contribution in [2.45, 2.75) is 27.4 Å². The number of hydrogen-bond donors (Lipinski definition) is 0. The Hall–Kier alpha value is -2.44. The minimum Gasteiger partial charge on any atom is -0.472 e. The standard InChI is InChI=1S/C19H15ClN2O3S/c1-9-4-15-13(6-14(9)20)12(5-16(23)25-15)7-24-18-17-10(2)11(3)26-19(17)22-8-21-18/h4-6,8H,7H2,1-3H3. The zero-order valence-corrected chi connectivity index (χ0v) is 16.0. The summed E-state index contributed by atoms with van der Waals surface area (Å²) in [5.74, 6) is 0.511. The lowest BCUT2D eigenvalue weighted by molar-refractivity contribution is 0.298. The first kappa shape index (κ1) is 17.0. The summed E-state index contributed by atoms with van der Waals surface area (Å²) in [5, 5.41) is 2.28. The van der Waals surface area contributed by atoms with Crippen molar-refractivity contribution in [3.63, 3.8) is 0 Å². The van der Waals surface area contributed by atoms with E-state index in [-0.39, 0.29) is 6.61 Å². The van der Waals surface area contributed by atoms with Crippen molar-refractivity contribution in [3.05, 3.63) is 61.5 Å². The lowest BCUT2D eigenvalue weighted by Crippen LogP contribution is -2.05. The fourth-order valence-corrected chi connectivity index (χ4v) is 4.02. The van der Waals surface area contributed by atoms with E-state index < -0.39 is 5.63 Å². The maximum Gasteiger partial charge on any atom is 0.336 e. The minimum atomic E-state index is -0.423. The summed E-state index contributed by atoms with van der Waals surface area (Å²) in [5.41, 5.74) is 2.73. The van der Waals surface area contributed by atoms with Gasteiger partial charge in [0.15, 0.2) is 0 Å². The molecule has 1 aromatic carbocycles. The van der Waals surface area contributed by atoms with Gasteiger partial charge >= 0.3 is 5.63 Å². The van der Waals surface area contributed by atoms with Crippen LogP contribution in [0.2, 0.25) is 5.02 Å². The molecule has 0 bridgehead atoms. The normalized spacial score (nSPS) is 11.4. The topological polar surface area (TPSA) is 65.2 Å². The van der Waals surface area contributed by atoms with E-state index in [0.717, 1.165) is 26.7 Å². The molecule has 5 nitrogen and oxygen atoms in total. The van der Waals surface area contributed by atoms with E-state index in [1.165, 1.54) is 17.3 Å². The van der Waals surface area contributed by atoms with Crippen LogP contribution in [0.15, 0.2) is 33.7 Å². The van der Waals surface area contributed by atoms with E-state index in [2.05, 4.69) is 9.97 Å². The monoisotopic (exact) mass is 386 g/mol. The number of ether oxygens (including phenoxy) is 1. The third kappa shape index (κ3) is 2.85. The molecule has 0 saturated carbocycles. The van der Waals surface area contributed by atoms with E-state index in [1.807, 2.05) is 20.8 Å². The van der Waals surface area contributed by atoms with Gasteiger partial charge in [-0.3, -0.25) is 0 Å². The zero-order chi connectivity index (χ0) is 18.4. The number of aromatic nitrogens is 2. The first-order chi connectivity index (χ1) is 12.4. The Kier molecular flexibility index (Phi) is 4.17. The molecule has 0 radical (unpaired) electrons. The molecule has 0 N–H and O–H groups in total. The van der Waals surface area contributed by atoms with Crippen molar-refractivity contribution in [1.29, 1.82) is 0 Å². The van der Waals surface area contributed by atoms with Crippen LogP contribution in [0.25, 0.3) is 21.2 Å². The van der Waals surface area contributed by atoms with E-state index in [0.29, 0.717) is 22.0 Å². The van der Waals surface area contributed by atoms with Crippen molar-refractivity contribution in [3.8, 4) is 5.88 Å². The Morgan fingerprint density at radius 2 is 2.00 bits per heavy atom. The number of aryl methyl sites for hydroxylation is 3. The Morgan fingerprint density at radius 3 is 2.81 bits per heavy atom. The average Bonchev–Trinajstić information content (AvgIpc) is 2.89. The van der Waals surface area contributed by atoms with Crippen LogP contribution < -0.4 is 10.4 Å². The van der Waals surface area contributed by atoms with Crippen LogP contribution in [-0.2, 0) is 6.61 Å². The van der Waals surface area contributed by atoms with E-state index in [1.54, 1.807) is 23.5 Å². The zero-order valence-electron chi connectivity index (χ0n) is 14.4. The number of hydrogen-bond acceptors (Lipinski definition) is 6. The quantitative estimate of drug-likeness (QED) is 0.466. The second-order valence-corrected chi connectivity index (χ2v) is 7.73. The van der Waals surface area contributed by atoms with E-state index in [4.69, 9.17) is 20.8 Å². The van der Waals surface area contributed by atoms with Gasteiger partial charge in [-0.2, -0.15) is 0 Å². The van der Waals surface area contributed by atoms with Gasteiger partial charge in [0, 0.05) is 26.9 Å². The third-order valence-electron chi connectivity index (χ3n) is 4.40. The summed E-state index contributed by atoms with van der Waals surface area (Å²) in [6, 6.07) is 4.99. The van der Waals surface area contributed by atoms with Gasteiger partial charge in [-0.1, -0.05) is 11.6 Å². The van der Waals surface area contributed by atoms with Crippen molar-refractivity contribution in [2.75, 3.05) is 0 Å². The maximum absolute atomic E-state index is 11.9. The number of fused-ring (bicyclic) bond motifs is 2. The minimum absolute atomic E-state index is 0.182. The highest BCUT2D eigenvalue weighted by molar-refractivity contribution is 7.18. The van der Waals surface area contributed by atoms with Crippen molar-refractivity contribution in [1.82, 2.24) is 9.97 Å². The Labute approximate surface area is 158 Å². The van der Waals surface area contributed by atoms with Crippen LogP contribution in [0.4, 0.5) is 0 Å². The summed E-state index contributed by atoms with van der Waals surface area (Å²) in [6.45, 7) is 6.12. The van der Waals surface area contributed by atoms with E-state index >= 15 is 0 Å². The van der Waals surface area contributed by atoms with Gasteiger partial charge < -0.3 is 9.15 Å². The molecule has 0 amide bonds. The van der Waals surface area contributed by atoms with Gasteiger partial charge in [-0.05, 0) is 44.0 Å². The molecule has 0 fully saturated rings. The van der Waals surface area contributed by atoms with Crippen molar-refractivity contribution in [2.24, 2.45) is 0 Å². The van der Waals surface area contributed by atoms with Crippen LogP contribution in [0, 0.1) is 20.8 Å². The van der Waals surface area contributed by atoms with Crippen LogP contribution in [-0.4, -0.2) is 9.97 Å². The van der Waals surface area contributed by atoms with Gasteiger partial charge in [-0.15, -0.1) is 11.3 Å². The average molecular weight is 387 g/mol. The van der Waals surface area contributed by atoms with Gasteiger partial charge in [-0.25, -0.2) is 14.8 Å². The lowest BCUT2D eigenvalue weighted by Gasteiger charge is -2.10. The molecule has 0 aliphatic heterocycles. The fraction of sp³-hybridized carbons (Fsp3) is 0.211. The summed E-state index contributed by atoms with van der Waals surface area (Å²) in [6.07, 6.45) is 1.49. The molecule has 0 spiro atoms. The van der Waals surface area contributed by atoms with Crippen LogP contribution in [0.3, 0.4) is 0 Å². The maximum atomic E-state index is 11.9. The highest BCUT2D eigenvalue weighted by Crippen LogP contribution is 2.34. The van der Waals surface area contributed by atoms with Gasteiger partial charge in [0.1, 0.15) is 23.3 Å². The molecule has 4 rings (SSSR count). The summed E-state index contributed by atoms with van der Waals surface area (Å²) < 4.78 is 11.3. The molecular weight excluding hydrogens is 372 g/mol. The second-order valence-electron chi connectivity index (χ2n) is 6.12. The molecule has 0 unspecified atom stereocenters. The van der Waals surface area contributed by atoms with Crippen LogP contribution in [0.1, 0.15) is 21.6 Å². The molecule has 0 saturated heterocycles. The molecule has 26 heavy (non-hydrogen) atoms. The Bertz CT molecular complexity index is 1210. The predicted octanol–water partition coefficient (Wildman–Crippen LogP) is 4.96. The smallest absolute Gasteiger partial charge is 0.336 e. The number of halogens is 1. The molecule has 0 aliphatic rings. The first-order valence-electron chi connectivity index (χ1n) is 8.00. The van der Waals surface area contributed by atoms with Crippen LogP contribution >= 0.6 is 22.9 Å². The molecule has 0 aliphatic carbocycles. The number of benzene rings is 1. The fourth-order valence-electron chi connectivity index (χ4n) is 2.87. The summed E-state index contributed by atoms with van der Waals surface area (Å²) >= 11 is 7.85. The SMILES string of the molecule is Cc1cc2oc(=O)cc(COc3ncnc4sc(C)c(C)c34)c2cc1Cl. The van der Waals surface area contributed by atoms with E-state index in [9.17, 15) is 4.79 Å². The number of nitrogens with zero attached hydrogens (tertiary/aromatic N) is 2. The third-order valence-corrected chi connectivity index (χ3v) is 5.93. The molecular formula is C19H15ClN2O3S. The lowest BCUT2D eigenvalue weighted by atomic mass is 10.1. The van der Waals surface area contributed by atoms with Gasteiger partial charge in [0.05, 0.1) is 5.39 Å². The van der Waals surface area contributed by atoms with Crippen molar-refractivity contribution >= 4 is 44.1 Å². The summed E-state index contributed by atoms with van der Waals surface area (Å²) in [4.78, 5) is 22.6. The number of thiophene rings is 1. The Balaban J connectivity index is 1.77.